The van der Waals surface area contributed by atoms with Gasteiger partial charge in [-0.2, -0.15) is 0 Å². The van der Waals surface area contributed by atoms with E-state index < -0.39 is 0 Å². The van der Waals surface area contributed by atoms with Gasteiger partial charge in [0.15, 0.2) is 0 Å². The summed E-state index contributed by atoms with van der Waals surface area (Å²) in [6.07, 6.45) is 1.10. The van der Waals surface area contributed by atoms with Gasteiger partial charge in [-0.3, -0.25) is 9.69 Å². The van der Waals surface area contributed by atoms with Crippen molar-refractivity contribution in [3.8, 4) is 0 Å². The fraction of sp³-hybridized carbons (Fsp3) is 0.500. The summed E-state index contributed by atoms with van der Waals surface area (Å²) in [6, 6.07) is 6.04. The van der Waals surface area contributed by atoms with Crippen LogP contribution in [0.3, 0.4) is 0 Å². The number of anilines is 1. The Kier molecular flexibility index (Phi) is 6.76. The van der Waals surface area contributed by atoms with Crippen LogP contribution in [0.5, 0.6) is 0 Å². The summed E-state index contributed by atoms with van der Waals surface area (Å²) >= 11 is 6.04. The van der Waals surface area contributed by atoms with Crippen molar-refractivity contribution in [2.24, 2.45) is 0 Å². The first-order chi connectivity index (χ1) is 9.10. The SMILES string of the molecule is CNC1CCN(CC(=O)Nc2cccc(Cl)c2C)C1.Cl. The maximum Gasteiger partial charge on any atom is 0.238 e. The molecule has 1 atom stereocenters. The molecule has 1 aliphatic rings. The van der Waals surface area contributed by atoms with Crippen LogP contribution in [0.25, 0.3) is 0 Å². The first kappa shape index (κ1) is 17.2. The van der Waals surface area contributed by atoms with Crippen molar-refractivity contribution < 1.29 is 4.79 Å². The highest BCUT2D eigenvalue weighted by atomic mass is 35.5. The fourth-order valence-corrected chi connectivity index (χ4v) is 2.52. The number of amides is 1. The van der Waals surface area contributed by atoms with Crippen LogP contribution in [0.2, 0.25) is 5.02 Å². The molecule has 1 fully saturated rings. The van der Waals surface area contributed by atoms with Crippen LogP contribution < -0.4 is 10.6 Å². The van der Waals surface area contributed by atoms with E-state index >= 15 is 0 Å². The lowest BCUT2D eigenvalue weighted by Crippen LogP contribution is -2.34. The Bertz CT molecular complexity index is 468. The van der Waals surface area contributed by atoms with Crippen molar-refractivity contribution in [3.05, 3.63) is 28.8 Å². The number of likely N-dealkylation sites (tertiary alicyclic amines) is 1. The number of nitrogens with zero attached hydrogens (tertiary/aromatic N) is 1. The van der Waals surface area contributed by atoms with Crippen molar-refractivity contribution in [1.82, 2.24) is 10.2 Å². The van der Waals surface area contributed by atoms with Gasteiger partial charge < -0.3 is 10.6 Å². The second kappa shape index (κ2) is 7.84. The van der Waals surface area contributed by atoms with E-state index in [1.165, 1.54) is 0 Å². The van der Waals surface area contributed by atoms with Crippen molar-refractivity contribution in [3.63, 3.8) is 0 Å². The standard InChI is InChI=1S/C14H20ClN3O.ClH/c1-10-12(15)4-3-5-13(10)17-14(19)9-18-7-6-11(8-18)16-2;/h3-5,11,16H,6-9H2,1-2H3,(H,17,19);1H. The number of carbonyl (C=O) groups excluding carboxylic acids is 1. The van der Waals surface area contributed by atoms with E-state index in [9.17, 15) is 4.79 Å². The van der Waals surface area contributed by atoms with Gasteiger partial charge in [-0.15, -0.1) is 12.4 Å². The van der Waals surface area contributed by atoms with Crippen LogP contribution >= 0.6 is 24.0 Å². The van der Waals surface area contributed by atoms with Gasteiger partial charge in [-0.25, -0.2) is 0 Å². The zero-order valence-corrected chi connectivity index (χ0v) is 13.4. The Morgan fingerprint density at radius 1 is 1.50 bits per heavy atom. The molecule has 1 unspecified atom stereocenters. The van der Waals surface area contributed by atoms with E-state index in [0.29, 0.717) is 17.6 Å². The molecule has 0 bridgehead atoms. The molecule has 2 N–H and O–H groups in total. The third-order valence-electron chi connectivity index (χ3n) is 3.59. The molecular weight excluding hydrogens is 297 g/mol. The number of benzene rings is 1. The number of hydrogen-bond acceptors (Lipinski definition) is 3. The van der Waals surface area contributed by atoms with E-state index in [1.807, 2.05) is 32.2 Å². The van der Waals surface area contributed by atoms with Gasteiger partial charge in [0, 0.05) is 29.8 Å². The van der Waals surface area contributed by atoms with Crippen LogP contribution in [-0.2, 0) is 4.79 Å². The molecule has 2 rings (SSSR count). The molecule has 1 aromatic carbocycles. The Balaban J connectivity index is 0.00000200. The fourth-order valence-electron chi connectivity index (χ4n) is 2.35. The third kappa shape index (κ3) is 4.35. The molecule has 1 aromatic rings. The van der Waals surface area contributed by atoms with Crippen molar-refractivity contribution in [1.29, 1.82) is 0 Å². The van der Waals surface area contributed by atoms with Crippen molar-refractivity contribution in [2.75, 3.05) is 32.0 Å². The van der Waals surface area contributed by atoms with Crippen LogP contribution in [0, 0.1) is 6.92 Å². The first-order valence-corrected chi connectivity index (χ1v) is 6.92. The van der Waals surface area contributed by atoms with Gasteiger partial charge in [0.1, 0.15) is 0 Å². The van der Waals surface area contributed by atoms with Gasteiger partial charge in [0.05, 0.1) is 6.54 Å². The minimum atomic E-state index is 0. The Hall–Kier alpha value is -0.810. The normalized spacial score (nSPS) is 18.6. The maximum absolute atomic E-state index is 12.0. The molecule has 1 amide bonds. The van der Waals surface area contributed by atoms with Crippen molar-refractivity contribution in [2.45, 2.75) is 19.4 Å². The summed E-state index contributed by atoms with van der Waals surface area (Å²) < 4.78 is 0. The molecule has 1 aliphatic heterocycles. The molecule has 112 valence electrons. The Morgan fingerprint density at radius 2 is 2.25 bits per heavy atom. The van der Waals surface area contributed by atoms with E-state index in [1.54, 1.807) is 0 Å². The smallest absolute Gasteiger partial charge is 0.238 e. The van der Waals surface area contributed by atoms with Gasteiger partial charge >= 0.3 is 0 Å². The lowest BCUT2D eigenvalue weighted by atomic mass is 10.2. The number of nitrogens with one attached hydrogen (secondary N) is 2. The molecule has 1 heterocycles. The average molecular weight is 318 g/mol. The molecular formula is C14H21Cl2N3O. The van der Waals surface area contributed by atoms with Gasteiger partial charge in [0.25, 0.3) is 0 Å². The number of hydrogen-bond donors (Lipinski definition) is 2. The Morgan fingerprint density at radius 3 is 2.90 bits per heavy atom. The van der Waals surface area contributed by atoms with Crippen LogP contribution in [0.1, 0.15) is 12.0 Å². The minimum Gasteiger partial charge on any atom is -0.325 e. The largest absolute Gasteiger partial charge is 0.325 e. The van der Waals surface area contributed by atoms with Gasteiger partial charge in [0.2, 0.25) is 5.91 Å². The van der Waals surface area contributed by atoms with Gasteiger partial charge in [-0.1, -0.05) is 17.7 Å². The molecule has 20 heavy (non-hydrogen) atoms. The van der Waals surface area contributed by atoms with Crippen LogP contribution in [-0.4, -0.2) is 43.5 Å². The summed E-state index contributed by atoms with van der Waals surface area (Å²) in [4.78, 5) is 14.2. The predicted molar refractivity (Wildman–Crippen MR) is 86.0 cm³/mol. The monoisotopic (exact) mass is 317 g/mol. The van der Waals surface area contributed by atoms with Crippen LogP contribution in [0.15, 0.2) is 18.2 Å². The predicted octanol–water partition coefficient (Wildman–Crippen LogP) is 2.30. The molecule has 1 saturated heterocycles. The lowest BCUT2D eigenvalue weighted by molar-refractivity contribution is -0.117. The second-order valence-electron chi connectivity index (χ2n) is 4.97. The van der Waals surface area contributed by atoms with E-state index in [4.69, 9.17) is 11.6 Å². The topological polar surface area (TPSA) is 44.4 Å². The van der Waals surface area contributed by atoms with E-state index in [-0.39, 0.29) is 18.3 Å². The number of halogens is 2. The Labute approximate surface area is 131 Å². The highest BCUT2D eigenvalue weighted by Gasteiger charge is 2.22. The third-order valence-corrected chi connectivity index (χ3v) is 4.00. The number of rotatable bonds is 4. The van der Waals surface area contributed by atoms with Crippen molar-refractivity contribution >= 4 is 35.6 Å². The summed E-state index contributed by atoms with van der Waals surface area (Å²) in [5, 5.41) is 6.84. The quantitative estimate of drug-likeness (QED) is 0.895. The van der Waals surface area contributed by atoms with E-state index in [2.05, 4.69) is 15.5 Å². The molecule has 4 nitrogen and oxygen atoms in total. The highest BCUT2D eigenvalue weighted by Crippen LogP contribution is 2.22. The molecule has 0 radical (unpaired) electrons. The highest BCUT2D eigenvalue weighted by molar-refractivity contribution is 6.31. The van der Waals surface area contributed by atoms with E-state index in [0.717, 1.165) is 30.8 Å². The average Bonchev–Trinajstić information content (AvgIpc) is 2.82. The number of likely N-dealkylation sites (N-methyl/N-ethyl adjacent to an activating group) is 1. The minimum absolute atomic E-state index is 0. The molecule has 0 spiro atoms. The summed E-state index contributed by atoms with van der Waals surface area (Å²) in [6.45, 7) is 4.24. The molecule has 0 saturated carbocycles. The maximum atomic E-state index is 12.0. The summed E-state index contributed by atoms with van der Waals surface area (Å²) in [7, 11) is 1.96. The first-order valence-electron chi connectivity index (χ1n) is 6.54. The second-order valence-corrected chi connectivity index (χ2v) is 5.38. The summed E-state index contributed by atoms with van der Waals surface area (Å²) in [5.74, 6) is 0.0159. The zero-order valence-electron chi connectivity index (χ0n) is 11.8. The molecule has 0 aromatic heterocycles. The summed E-state index contributed by atoms with van der Waals surface area (Å²) in [5.41, 5.74) is 1.70. The number of carbonyl (C=O) groups is 1. The zero-order chi connectivity index (χ0) is 13.8. The van der Waals surface area contributed by atoms with Crippen LogP contribution in [0.4, 0.5) is 5.69 Å². The molecule has 6 heteroatoms. The van der Waals surface area contributed by atoms with Gasteiger partial charge in [-0.05, 0) is 38.1 Å². The lowest BCUT2D eigenvalue weighted by Gasteiger charge is -2.16. The molecule has 0 aliphatic carbocycles.